The van der Waals surface area contributed by atoms with Crippen LogP contribution in [0.5, 0.6) is 0 Å². The summed E-state index contributed by atoms with van der Waals surface area (Å²) in [6, 6.07) is 6.55. The lowest BCUT2D eigenvalue weighted by atomic mass is 10.2. The Morgan fingerprint density at radius 3 is 2.47 bits per heavy atom. The van der Waals surface area contributed by atoms with Crippen LogP contribution in [0, 0.1) is 17.0 Å². The van der Waals surface area contributed by atoms with Crippen molar-refractivity contribution in [1.29, 1.82) is 0 Å². The van der Waals surface area contributed by atoms with Crippen molar-refractivity contribution in [3.05, 3.63) is 58.2 Å². The van der Waals surface area contributed by atoms with Gasteiger partial charge >= 0.3 is 0 Å². The van der Waals surface area contributed by atoms with Crippen molar-refractivity contribution in [1.82, 2.24) is 9.55 Å². The number of aromatic nitrogens is 2. The van der Waals surface area contributed by atoms with Crippen LogP contribution < -0.4 is 0 Å². The Morgan fingerprint density at radius 2 is 2.00 bits per heavy atom. The number of benzene rings is 1. The fourth-order valence-electron chi connectivity index (χ4n) is 1.47. The van der Waals surface area contributed by atoms with Gasteiger partial charge in [-0.1, -0.05) is 12.1 Å². The lowest BCUT2D eigenvalue weighted by Gasteiger charge is -2.04. The molecule has 0 saturated carbocycles. The molecule has 0 radical (unpaired) electrons. The van der Waals surface area contributed by atoms with E-state index in [1.165, 1.54) is 12.1 Å². The highest BCUT2D eigenvalue weighted by molar-refractivity contribution is 5.85. The number of hydrogen-bond donors (Lipinski definition) is 0. The van der Waals surface area contributed by atoms with Gasteiger partial charge in [-0.05, 0) is 12.5 Å². The Kier molecular flexibility index (Phi) is 4.23. The summed E-state index contributed by atoms with van der Waals surface area (Å²) in [6.07, 6.45) is 3.53. The highest BCUT2D eigenvalue weighted by Gasteiger charge is 2.04. The monoisotopic (exact) mass is 253 g/mol. The van der Waals surface area contributed by atoms with Crippen molar-refractivity contribution in [2.45, 2.75) is 13.5 Å². The SMILES string of the molecule is Cc1cncn1Cc1ccc([N+](=O)[O-])cc1.Cl. The van der Waals surface area contributed by atoms with E-state index < -0.39 is 4.92 Å². The van der Waals surface area contributed by atoms with Crippen molar-refractivity contribution >= 4 is 18.1 Å². The minimum absolute atomic E-state index is 0. The Hall–Kier alpha value is -1.88. The number of non-ortho nitro benzene ring substituents is 1. The molecule has 0 N–H and O–H groups in total. The molecular formula is C11H12ClN3O2. The molecule has 0 fully saturated rings. The van der Waals surface area contributed by atoms with Crippen LogP contribution in [-0.4, -0.2) is 14.5 Å². The van der Waals surface area contributed by atoms with Crippen LogP contribution in [0.25, 0.3) is 0 Å². The van der Waals surface area contributed by atoms with Gasteiger partial charge in [0.25, 0.3) is 5.69 Å². The predicted molar refractivity (Wildman–Crippen MR) is 66.4 cm³/mol. The normalized spacial score (nSPS) is 9.71. The molecule has 1 aromatic carbocycles. The van der Waals surface area contributed by atoms with Crippen LogP contribution in [0.2, 0.25) is 0 Å². The Balaban J connectivity index is 0.00000144. The van der Waals surface area contributed by atoms with Gasteiger partial charge in [0.1, 0.15) is 0 Å². The molecule has 0 atom stereocenters. The maximum Gasteiger partial charge on any atom is 0.269 e. The second-order valence-corrected chi connectivity index (χ2v) is 3.59. The highest BCUT2D eigenvalue weighted by atomic mass is 35.5. The van der Waals surface area contributed by atoms with Crippen molar-refractivity contribution < 1.29 is 4.92 Å². The molecule has 5 nitrogen and oxygen atoms in total. The number of rotatable bonds is 3. The molecular weight excluding hydrogens is 242 g/mol. The number of hydrogen-bond acceptors (Lipinski definition) is 3. The summed E-state index contributed by atoms with van der Waals surface area (Å²) in [4.78, 5) is 14.1. The second kappa shape index (κ2) is 5.45. The zero-order chi connectivity index (χ0) is 11.5. The number of aryl methyl sites for hydroxylation is 1. The third-order valence-corrected chi connectivity index (χ3v) is 2.42. The van der Waals surface area contributed by atoms with Crippen LogP contribution in [0.4, 0.5) is 5.69 Å². The summed E-state index contributed by atoms with van der Waals surface area (Å²) in [6.45, 7) is 2.65. The molecule has 0 aliphatic carbocycles. The minimum Gasteiger partial charge on any atom is -0.330 e. The first-order valence-corrected chi connectivity index (χ1v) is 4.87. The number of imidazole rings is 1. The Morgan fingerprint density at radius 1 is 1.35 bits per heavy atom. The summed E-state index contributed by atoms with van der Waals surface area (Å²) < 4.78 is 1.99. The molecule has 17 heavy (non-hydrogen) atoms. The van der Waals surface area contributed by atoms with Gasteiger partial charge in [-0.2, -0.15) is 0 Å². The molecule has 0 amide bonds. The van der Waals surface area contributed by atoms with E-state index in [-0.39, 0.29) is 18.1 Å². The van der Waals surface area contributed by atoms with Gasteiger partial charge in [0.05, 0.1) is 11.3 Å². The van der Waals surface area contributed by atoms with Crippen LogP contribution in [0.1, 0.15) is 11.3 Å². The smallest absolute Gasteiger partial charge is 0.269 e. The number of nitro benzene ring substituents is 1. The van der Waals surface area contributed by atoms with E-state index in [0.717, 1.165) is 11.3 Å². The molecule has 0 spiro atoms. The highest BCUT2D eigenvalue weighted by Crippen LogP contribution is 2.13. The van der Waals surface area contributed by atoms with Crippen molar-refractivity contribution in [3.8, 4) is 0 Å². The van der Waals surface area contributed by atoms with E-state index in [9.17, 15) is 10.1 Å². The molecule has 0 bridgehead atoms. The largest absolute Gasteiger partial charge is 0.330 e. The van der Waals surface area contributed by atoms with Gasteiger partial charge in [-0.15, -0.1) is 12.4 Å². The molecule has 0 aliphatic rings. The van der Waals surface area contributed by atoms with Crippen LogP contribution in [0.3, 0.4) is 0 Å². The summed E-state index contributed by atoms with van der Waals surface area (Å²) in [7, 11) is 0. The molecule has 1 aromatic heterocycles. The van der Waals surface area contributed by atoms with E-state index in [2.05, 4.69) is 4.98 Å². The lowest BCUT2D eigenvalue weighted by Crippen LogP contribution is -2.00. The third kappa shape index (κ3) is 3.04. The minimum atomic E-state index is -0.397. The Labute approximate surface area is 105 Å². The lowest BCUT2D eigenvalue weighted by molar-refractivity contribution is -0.384. The van der Waals surface area contributed by atoms with Crippen LogP contribution in [-0.2, 0) is 6.54 Å². The second-order valence-electron chi connectivity index (χ2n) is 3.59. The van der Waals surface area contributed by atoms with E-state index >= 15 is 0 Å². The first-order valence-electron chi connectivity index (χ1n) is 4.87. The summed E-state index contributed by atoms with van der Waals surface area (Å²) >= 11 is 0. The molecule has 90 valence electrons. The third-order valence-electron chi connectivity index (χ3n) is 2.42. The van der Waals surface area contributed by atoms with Crippen molar-refractivity contribution in [2.24, 2.45) is 0 Å². The van der Waals surface area contributed by atoms with Gasteiger partial charge < -0.3 is 4.57 Å². The topological polar surface area (TPSA) is 61.0 Å². The van der Waals surface area contributed by atoms with Crippen molar-refractivity contribution in [3.63, 3.8) is 0 Å². The fraction of sp³-hybridized carbons (Fsp3) is 0.182. The van der Waals surface area contributed by atoms with E-state index in [1.54, 1.807) is 24.7 Å². The number of nitro groups is 1. The van der Waals surface area contributed by atoms with Gasteiger partial charge in [0.2, 0.25) is 0 Å². The summed E-state index contributed by atoms with van der Waals surface area (Å²) in [5.41, 5.74) is 2.20. The van der Waals surface area contributed by atoms with E-state index in [4.69, 9.17) is 0 Å². The standard InChI is InChI=1S/C11H11N3O2.ClH/c1-9-6-12-8-13(9)7-10-2-4-11(5-3-10)14(15)16;/h2-6,8H,7H2,1H3;1H. The maximum absolute atomic E-state index is 10.5. The first kappa shape index (κ1) is 13.2. The Bertz CT molecular complexity index is 508. The zero-order valence-corrected chi connectivity index (χ0v) is 10.1. The van der Waals surface area contributed by atoms with E-state index in [1.807, 2.05) is 11.5 Å². The average molecular weight is 254 g/mol. The van der Waals surface area contributed by atoms with E-state index in [0.29, 0.717) is 6.54 Å². The van der Waals surface area contributed by atoms with Crippen LogP contribution in [0.15, 0.2) is 36.8 Å². The fourth-order valence-corrected chi connectivity index (χ4v) is 1.47. The zero-order valence-electron chi connectivity index (χ0n) is 9.24. The summed E-state index contributed by atoms with van der Waals surface area (Å²) in [5.74, 6) is 0. The first-order chi connectivity index (χ1) is 7.66. The molecule has 1 heterocycles. The molecule has 0 aliphatic heterocycles. The number of halogens is 1. The van der Waals surface area contributed by atoms with Gasteiger partial charge in [-0.3, -0.25) is 10.1 Å². The van der Waals surface area contributed by atoms with Gasteiger partial charge in [-0.25, -0.2) is 4.98 Å². The summed E-state index contributed by atoms with van der Waals surface area (Å²) in [5, 5.41) is 10.5. The van der Waals surface area contributed by atoms with Gasteiger partial charge in [0.15, 0.2) is 0 Å². The van der Waals surface area contributed by atoms with Crippen LogP contribution >= 0.6 is 12.4 Å². The average Bonchev–Trinajstić information content (AvgIpc) is 2.65. The van der Waals surface area contributed by atoms with Crippen molar-refractivity contribution in [2.75, 3.05) is 0 Å². The molecule has 0 unspecified atom stereocenters. The molecule has 2 rings (SSSR count). The maximum atomic E-state index is 10.5. The number of nitrogens with zero attached hydrogens (tertiary/aromatic N) is 3. The van der Waals surface area contributed by atoms with Gasteiger partial charge in [0, 0.05) is 30.6 Å². The molecule has 0 saturated heterocycles. The molecule has 2 aromatic rings. The quantitative estimate of drug-likeness (QED) is 0.624. The molecule has 6 heteroatoms. The predicted octanol–water partition coefficient (Wildman–Crippen LogP) is 2.57.